The van der Waals surface area contributed by atoms with Gasteiger partial charge in [-0.3, -0.25) is 4.79 Å². The highest BCUT2D eigenvalue weighted by molar-refractivity contribution is 5.94. The number of carbonyl (C=O) groups is 1. The van der Waals surface area contributed by atoms with Gasteiger partial charge in [-0.25, -0.2) is 4.39 Å². The summed E-state index contributed by atoms with van der Waals surface area (Å²) in [5.74, 6) is 0.383. The van der Waals surface area contributed by atoms with Gasteiger partial charge >= 0.3 is 0 Å². The van der Waals surface area contributed by atoms with Crippen molar-refractivity contribution in [3.8, 4) is 0 Å². The molecular formula is C14H18FNO. The third kappa shape index (κ3) is 2.65. The molecule has 3 heteroatoms. The molecule has 0 unspecified atom stereocenters. The summed E-state index contributed by atoms with van der Waals surface area (Å²) in [6, 6.07) is 6.20. The second-order valence-corrected chi connectivity index (χ2v) is 5.14. The first-order valence-electron chi connectivity index (χ1n) is 6.11. The minimum atomic E-state index is -0.427. The molecule has 0 N–H and O–H groups in total. The van der Waals surface area contributed by atoms with E-state index in [1.807, 2.05) is 0 Å². The molecule has 0 bridgehead atoms. The molecular weight excluding hydrogens is 217 g/mol. The topological polar surface area (TPSA) is 20.3 Å². The smallest absolute Gasteiger partial charge is 0.256 e. The number of likely N-dealkylation sites (tertiary alicyclic amines) is 1. The van der Waals surface area contributed by atoms with Crippen molar-refractivity contribution in [3.63, 3.8) is 0 Å². The molecule has 92 valence electrons. The van der Waals surface area contributed by atoms with Crippen LogP contribution in [0.25, 0.3) is 0 Å². The molecule has 2 atom stereocenters. The summed E-state index contributed by atoms with van der Waals surface area (Å²) < 4.78 is 13.5. The average Bonchev–Trinajstić information content (AvgIpc) is 2.27. The van der Waals surface area contributed by atoms with Gasteiger partial charge < -0.3 is 4.90 Å². The van der Waals surface area contributed by atoms with Gasteiger partial charge in [0.1, 0.15) is 5.82 Å². The molecule has 1 saturated heterocycles. The molecule has 1 aromatic carbocycles. The Morgan fingerprint density at radius 3 is 2.41 bits per heavy atom. The Labute approximate surface area is 101 Å². The van der Waals surface area contributed by atoms with E-state index < -0.39 is 5.82 Å². The summed E-state index contributed by atoms with van der Waals surface area (Å²) in [4.78, 5) is 14.0. The average molecular weight is 235 g/mol. The van der Waals surface area contributed by atoms with Crippen molar-refractivity contribution < 1.29 is 9.18 Å². The molecule has 0 aromatic heterocycles. The van der Waals surface area contributed by atoms with E-state index in [0.29, 0.717) is 11.8 Å². The predicted octanol–water partition coefficient (Wildman–Crippen LogP) is 2.94. The van der Waals surface area contributed by atoms with Crippen molar-refractivity contribution in [3.05, 3.63) is 35.6 Å². The van der Waals surface area contributed by atoms with Crippen LogP contribution in [0.3, 0.4) is 0 Å². The largest absolute Gasteiger partial charge is 0.338 e. The lowest BCUT2D eigenvalue weighted by Crippen LogP contribution is -2.42. The van der Waals surface area contributed by atoms with E-state index in [0.717, 1.165) is 19.5 Å². The zero-order valence-corrected chi connectivity index (χ0v) is 10.3. The van der Waals surface area contributed by atoms with Gasteiger partial charge in [0.05, 0.1) is 5.56 Å². The molecule has 1 amide bonds. The molecule has 2 rings (SSSR count). The number of hydrogen-bond acceptors (Lipinski definition) is 1. The lowest BCUT2D eigenvalue weighted by Gasteiger charge is -2.35. The summed E-state index contributed by atoms with van der Waals surface area (Å²) in [6.07, 6.45) is 1.14. The number of halogens is 1. The number of nitrogens with zero attached hydrogens (tertiary/aromatic N) is 1. The highest BCUT2D eigenvalue weighted by atomic mass is 19.1. The van der Waals surface area contributed by atoms with Crippen LogP contribution in [0.2, 0.25) is 0 Å². The van der Waals surface area contributed by atoms with Crippen molar-refractivity contribution in [2.24, 2.45) is 11.8 Å². The maximum Gasteiger partial charge on any atom is 0.256 e. The fourth-order valence-corrected chi connectivity index (χ4v) is 2.63. The van der Waals surface area contributed by atoms with Crippen LogP contribution in [-0.2, 0) is 0 Å². The minimum Gasteiger partial charge on any atom is -0.338 e. The van der Waals surface area contributed by atoms with Gasteiger partial charge in [0, 0.05) is 13.1 Å². The SMILES string of the molecule is C[C@@H]1C[C@@H](C)CN(C(=O)c2ccccc2F)C1. The zero-order chi connectivity index (χ0) is 12.4. The van der Waals surface area contributed by atoms with Crippen LogP contribution < -0.4 is 0 Å². The number of hydrogen-bond donors (Lipinski definition) is 0. The highest BCUT2D eigenvalue weighted by Crippen LogP contribution is 2.23. The first kappa shape index (κ1) is 12.1. The Morgan fingerprint density at radius 2 is 1.82 bits per heavy atom. The molecule has 1 heterocycles. The Kier molecular flexibility index (Phi) is 3.46. The Morgan fingerprint density at radius 1 is 1.24 bits per heavy atom. The summed E-state index contributed by atoms with van der Waals surface area (Å²) in [6.45, 7) is 5.74. The maximum atomic E-state index is 13.5. The minimum absolute atomic E-state index is 0.179. The van der Waals surface area contributed by atoms with Gasteiger partial charge in [-0.1, -0.05) is 26.0 Å². The van der Waals surface area contributed by atoms with Crippen molar-refractivity contribution in [2.75, 3.05) is 13.1 Å². The van der Waals surface area contributed by atoms with Gasteiger partial charge in [-0.15, -0.1) is 0 Å². The Balaban J connectivity index is 2.17. The fraction of sp³-hybridized carbons (Fsp3) is 0.500. The fourth-order valence-electron chi connectivity index (χ4n) is 2.63. The number of amides is 1. The zero-order valence-electron chi connectivity index (χ0n) is 10.3. The van der Waals surface area contributed by atoms with E-state index in [2.05, 4.69) is 13.8 Å². The molecule has 1 fully saturated rings. The Hall–Kier alpha value is -1.38. The molecule has 0 aliphatic carbocycles. The summed E-state index contributed by atoms with van der Waals surface area (Å²) in [5, 5.41) is 0. The van der Waals surface area contributed by atoms with Crippen LogP contribution in [0.1, 0.15) is 30.6 Å². The summed E-state index contributed by atoms with van der Waals surface area (Å²) >= 11 is 0. The molecule has 1 aromatic rings. The molecule has 2 nitrogen and oxygen atoms in total. The molecule has 0 radical (unpaired) electrons. The van der Waals surface area contributed by atoms with Gasteiger partial charge in [-0.05, 0) is 30.4 Å². The lowest BCUT2D eigenvalue weighted by molar-refractivity contribution is 0.0618. The third-order valence-electron chi connectivity index (χ3n) is 3.26. The van der Waals surface area contributed by atoms with E-state index in [9.17, 15) is 9.18 Å². The van der Waals surface area contributed by atoms with E-state index in [-0.39, 0.29) is 11.5 Å². The number of piperidine rings is 1. The van der Waals surface area contributed by atoms with Crippen LogP contribution in [-0.4, -0.2) is 23.9 Å². The van der Waals surface area contributed by atoms with Gasteiger partial charge in [0.15, 0.2) is 0 Å². The highest BCUT2D eigenvalue weighted by Gasteiger charge is 2.27. The normalized spacial score (nSPS) is 24.8. The number of rotatable bonds is 1. The second-order valence-electron chi connectivity index (χ2n) is 5.14. The van der Waals surface area contributed by atoms with Crippen LogP contribution in [0.15, 0.2) is 24.3 Å². The molecule has 1 aliphatic rings. The number of carbonyl (C=O) groups excluding carboxylic acids is 1. The molecule has 0 spiro atoms. The van der Waals surface area contributed by atoms with Crippen LogP contribution in [0.4, 0.5) is 4.39 Å². The van der Waals surface area contributed by atoms with Crippen molar-refractivity contribution in [1.29, 1.82) is 0 Å². The second kappa shape index (κ2) is 4.86. The monoisotopic (exact) mass is 235 g/mol. The van der Waals surface area contributed by atoms with E-state index in [1.54, 1.807) is 23.1 Å². The van der Waals surface area contributed by atoms with Crippen LogP contribution in [0.5, 0.6) is 0 Å². The molecule has 17 heavy (non-hydrogen) atoms. The quantitative estimate of drug-likeness (QED) is 0.733. The van der Waals surface area contributed by atoms with Gasteiger partial charge in [-0.2, -0.15) is 0 Å². The maximum absolute atomic E-state index is 13.5. The number of benzene rings is 1. The first-order valence-corrected chi connectivity index (χ1v) is 6.11. The van der Waals surface area contributed by atoms with Crippen molar-refractivity contribution in [2.45, 2.75) is 20.3 Å². The van der Waals surface area contributed by atoms with E-state index in [1.165, 1.54) is 6.07 Å². The van der Waals surface area contributed by atoms with Crippen LogP contribution in [0, 0.1) is 17.7 Å². The molecule has 1 aliphatic heterocycles. The van der Waals surface area contributed by atoms with Gasteiger partial charge in [0.2, 0.25) is 0 Å². The lowest BCUT2D eigenvalue weighted by atomic mass is 9.91. The summed E-state index contributed by atoms with van der Waals surface area (Å²) in [5.41, 5.74) is 0.189. The standard InChI is InChI=1S/C14H18FNO/c1-10-7-11(2)9-16(8-10)14(17)12-5-3-4-6-13(12)15/h3-6,10-11H,7-9H2,1-2H3/t10-,11-/m1/s1. The van der Waals surface area contributed by atoms with Gasteiger partial charge in [0.25, 0.3) is 5.91 Å². The van der Waals surface area contributed by atoms with Crippen molar-refractivity contribution in [1.82, 2.24) is 4.90 Å². The summed E-state index contributed by atoms with van der Waals surface area (Å²) in [7, 11) is 0. The third-order valence-corrected chi connectivity index (χ3v) is 3.26. The Bertz CT molecular complexity index is 408. The van der Waals surface area contributed by atoms with E-state index >= 15 is 0 Å². The van der Waals surface area contributed by atoms with Crippen LogP contribution >= 0.6 is 0 Å². The van der Waals surface area contributed by atoms with Crippen molar-refractivity contribution >= 4 is 5.91 Å². The molecule has 0 saturated carbocycles. The first-order chi connectivity index (χ1) is 8.08. The van der Waals surface area contributed by atoms with E-state index in [4.69, 9.17) is 0 Å². The predicted molar refractivity (Wildman–Crippen MR) is 65.2 cm³/mol.